The highest BCUT2D eigenvalue weighted by molar-refractivity contribution is 5.95. The number of ether oxygens (including phenoxy) is 3. The third-order valence-corrected chi connectivity index (χ3v) is 7.72. The van der Waals surface area contributed by atoms with E-state index in [4.69, 9.17) is 19.9 Å². The molecule has 4 aliphatic rings. The van der Waals surface area contributed by atoms with Gasteiger partial charge in [-0.1, -0.05) is 0 Å². The van der Waals surface area contributed by atoms with Gasteiger partial charge < -0.3 is 30.2 Å². The van der Waals surface area contributed by atoms with Crippen molar-refractivity contribution in [1.82, 2.24) is 9.88 Å². The molecule has 0 bridgehead atoms. The van der Waals surface area contributed by atoms with Gasteiger partial charge in [0.1, 0.15) is 24.3 Å². The number of pyridine rings is 1. The van der Waals surface area contributed by atoms with E-state index in [9.17, 15) is 14.0 Å². The lowest BCUT2D eigenvalue weighted by atomic mass is 10.1. The van der Waals surface area contributed by atoms with E-state index in [1.807, 2.05) is 11.9 Å². The Morgan fingerprint density at radius 1 is 1.26 bits per heavy atom. The predicted octanol–water partition coefficient (Wildman–Crippen LogP) is 2.38. The molecule has 2 amide bonds. The van der Waals surface area contributed by atoms with Crippen LogP contribution in [0.5, 0.6) is 11.5 Å². The number of nitrogens with one attached hydrogen (secondary N) is 1. The van der Waals surface area contributed by atoms with Gasteiger partial charge in [0.2, 0.25) is 0 Å². The molecule has 2 aromatic rings. The molecule has 10 nitrogen and oxygen atoms in total. The molecule has 1 saturated heterocycles. The van der Waals surface area contributed by atoms with Crippen LogP contribution in [-0.2, 0) is 22.4 Å². The molecule has 6 rings (SSSR count). The first-order valence-corrected chi connectivity index (χ1v) is 12.7. The summed E-state index contributed by atoms with van der Waals surface area (Å²) in [5.41, 5.74) is 6.33. The van der Waals surface area contributed by atoms with E-state index in [0.29, 0.717) is 55.0 Å². The molecule has 0 spiro atoms. The number of amides is 2. The molecule has 1 aromatic carbocycles. The minimum absolute atomic E-state index is 0.0788. The van der Waals surface area contributed by atoms with E-state index < -0.39 is 23.3 Å². The molecular weight excluding hydrogens is 500 g/mol. The van der Waals surface area contributed by atoms with E-state index in [2.05, 4.69) is 10.3 Å². The quantitative estimate of drug-likeness (QED) is 0.535. The Hall–Kier alpha value is -3.51. The predicted molar refractivity (Wildman–Crippen MR) is 132 cm³/mol. The largest absolute Gasteiger partial charge is 0.488 e. The van der Waals surface area contributed by atoms with Gasteiger partial charge in [-0.25, -0.2) is 18.6 Å². The van der Waals surface area contributed by atoms with Crippen molar-refractivity contribution in [2.45, 2.75) is 49.8 Å². The Morgan fingerprint density at radius 2 is 2.05 bits per heavy atom. The van der Waals surface area contributed by atoms with E-state index in [-0.39, 0.29) is 42.8 Å². The van der Waals surface area contributed by atoms with Gasteiger partial charge in [0.25, 0.3) is 5.91 Å². The normalized spacial score (nSPS) is 23.0. The number of hydrogen-bond acceptors (Lipinski definition) is 8. The lowest BCUT2D eigenvalue weighted by molar-refractivity contribution is -0.118. The van der Waals surface area contributed by atoms with Gasteiger partial charge in [-0.3, -0.25) is 9.69 Å². The van der Waals surface area contributed by atoms with Crippen molar-refractivity contribution in [2.75, 3.05) is 43.6 Å². The number of nitrogens with zero attached hydrogens (tertiary/aromatic N) is 3. The highest BCUT2D eigenvalue weighted by Crippen LogP contribution is 2.37. The number of anilines is 2. The fourth-order valence-corrected chi connectivity index (χ4v) is 5.10. The van der Waals surface area contributed by atoms with Gasteiger partial charge in [0.15, 0.2) is 29.7 Å². The zero-order chi connectivity index (χ0) is 26.6. The number of halogens is 2. The first-order valence-electron chi connectivity index (χ1n) is 12.7. The topological polar surface area (TPSA) is 119 Å². The van der Waals surface area contributed by atoms with Crippen molar-refractivity contribution in [2.24, 2.45) is 5.73 Å². The molecule has 202 valence electrons. The van der Waals surface area contributed by atoms with Crippen LogP contribution in [0.15, 0.2) is 18.2 Å². The summed E-state index contributed by atoms with van der Waals surface area (Å²) in [4.78, 5) is 31.9. The molecule has 12 heteroatoms. The minimum atomic E-state index is -0.524. The monoisotopic (exact) mass is 529 g/mol. The van der Waals surface area contributed by atoms with Gasteiger partial charge in [0, 0.05) is 18.7 Å². The van der Waals surface area contributed by atoms with Crippen LogP contribution in [0.2, 0.25) is 0 Å². The van der Waals surface area contributed by atoms with Crippen LogP contribution < -0.4 is 25.4 Å². The molecule has 2 atom stereocenters. The fraction of sp³-hybridized carbons (Fsp3) is 0.500. The summed E-state index contributed by atoms with van der Waals surface area (Å²) in [7, 11) is 1.90. The Balaban J connectivity index is 1.05. The summed E-state index contributed by atoms with van der Waals surface area (Å²) in [6.45, 7) is 0.954. The van der Waals surface area contributed by atoms with Gasteiger partial charge in [-0.15, -0.1) is 0 Å². The molecule has 3 N–H and O–H groups in total. The minimum Gasteiger partial charge on any atom is -0.488 e. The standard InChI is InChI=1S/C26H29F2N5O5/c1-32(14-8-16-17(9-14)23(28)20(10-18(16)27)37-13-26(29)5-6-26)7-4-15-11-33(25(35)38-15)21-3-2-19-24(30-21)31-22(34)12-36-19/h2-3,10,14-15H,4-9,11-13,29H2,1H3,(H,30,31,34). The number of aromatic nitrogens is 1. The summed E-state index contributed by atoms with van der Waals surface area (Å²) < 4.78 is 46.3. The van der Waals surface area contributed by atoms with Crippen LogP contribution in [0.1, 0.15) is 30.4 Å². The molecule has 2 unspecified atom stereocenters. The summed E-state index contributed by atoms with van der Waals surface area (Å²) in [6.07, 6.45) is 2.02. The average Bonchev–Trinajstić information content (AvgIpc) is 3.29. The number of nitrogens with two attached hydrogens (primary N) is 1. The Labute approximate surface area is 218 Å². The van der Waals surface area contributed by atoms with E-state index in [0.717, 1.165) is 18.9 Å². The average molecular weight is 530 g/mol. The highest BCUT2D eigenvalue weighted by atomic mass is 19.1. The van der Waals surface area contributed by atoms with Crippen molar-refractivity contribution >= 4 is 23.6 Å². The lowest BCUT2D eigenvalue weighted by Crippen LogP contribution is -2.35. The molecule has 1 aromatic heterocycles. The SMILES string of the molecule is CN(CCC1CN(c2ccc3c(n2)NC(=O)CO3)C(=O)O1)C1Cc2c(F)cc(OCC3(N)CC3)c(F)c2C1. The first kappa shape index (κ1) is 24.8. The van der Waals surface area contributed by atoms with Gasteiger partial charge in [0.05, 0.1) is 12.1 Å². The number of cyclic esters (lactones) is 1. The van der Waals surface area contributed by atoms with Crippen LogP contribution in [-0.4, -0.2) is 72.9 Å². The van der Waals surface area contributed by atoms with E-state index in [1.54, 1.807) is 12.1 Å². The highest BCUT2D eigenvalue weighted by Gasteiger charge is 2.40. The molecule has 2 aliphatic carbocycles. The van der Waals surface area contributed by atoms with Gasteiger partial charge in [-0.05, 0) is 62.4 Å². The van der Waals surface area contributed by atoms with Crippen LogP contribution in [0, 0.1) is 11.6 Å². The van der Waals surface area contributed by atoms with Crippen molar-refractivity contribution in [3.05, 3.63) is 41.0 Å². The number of fused-ring (bicyclic) bond motifs is 2. The van der Waals surface area contributed by atoms with Gasteiger partial charge in [-0.2, -0.15) is 0 Å². The zero-order valence-electron chi connectivity index (χ0n) is 21.0. The smallest absolute Gasteiger partial charge is 0.415 e. The molecule has 38 heavy (non-hydrogen) atoms. The second kappa shape index (κ2) is 9.35. The number of benzene rings is 1. The third-order valence-electron chi connectivity index (χ3n) is 7.72. The van der Waals surface area contributed by atoms with Crippen LogP contribution in [0.25, 0.3) is 0 Å². The molecule has 2 fully saturated rings. The molecule has 3 heterocycles. The zero-order valence-corrected chi connectivity index (χ0v) is 21.0. The number of carbonyl (C=O) groups excluding carboxylic acids is 2. The molecule has 2 aliphatic heterocycles. The van der Waals surface area contributed by atoms with Gasteiger partial charge >= 0.3 is 6.09 Å². The molecule has 0 radical (unpaired) electrons. The van der Waals surface area contributed by atoms with Crippen molar-refractivity contribution in [3.8, 4) is 11.5 Å². The maximum absolute atomic E-state index is 15.1. The fourth-order valence-electron chi connectivity index (χ4n) is 5.10. The van der Waals surface area contributed by atoms with Crippen LogP contribution in [0.3, 0.4) is 0 Å². The summed E-state index contributed by atoms with van der Waals surface area (Å²) in [6, 6.07) is 4.33. The maximum atomic E-state index is 15.1. The summed E-state index contributed by atoms with van der Waals surface area (Å²) >= 11 is 0. The van der Waals surface area contributed by atoms with Crippen LogP contribution >= 0.6 is 0 Å². The van der Waals surface area contributed by atoms with E-state index in [1.165, 1.54) is 4.90 Å². The number of carbonyl (C=O) groups is 2. The van der Waals surface area contributed by atoms with Crippen LogP contribution in [0.4, 0.5) is 25.2 Å². The number of hydrogen-bond donors (Lipinski definition) is 2. The van der Waals surface area contributed by atoms with E-state index >= 15 is 4.39 Å². The first-order chi connectivity index (χ1) is 18.2. The Kier molecular flexibility index (Phi) is 6.10. The third kappa shape index (κ3) is 4.73. The molecular formula is C26H29F2N5O5. The van der Waals surface area contributed by atoms with Crippen molar-refractivity contribution < 1.29 is 32.6 Å². The maximum Gasteiger partial charge on any atom is 0.415 e. The lowest BCUT2D eigenvalue weighted by Gasteiger charge is -2.25. The summed E-state index contributed by atoms with van der Waals surface area (Å²) in [5, 5.41) is 2.63. The number of likely N-dealkylation sites (N-methyl/N-ethyl adjacent to an activating group) is 1. The second-order valence-electron chi connectivity index (χ2n) is 10.6. The second-order valence-corrected chi connectivity index (χ2v) is 10.6. The Morgan fingerprint density at radius 3 is 2.84 bits per heavy atom. The molecule has 1 saturated carbocycles. The van der Waals surface area contributed by atoms with Crippen molar-refractivity contribution in [3.63, 3.8) is 0 Å². The van der Waals surface area contributed by atoms with Crippen molar-refractivity contribution in [1.29, 1.82) is 0 Å². The summed E-state index contributed by atoms with van der Waals surface area (Å²) in [5.74, 6) is -0.316. The number of rotatable bonds is 8. The Bertz CT molecular complexity index is 1300.